The van der Waals surface area contributed by atoms with Gasteiger partial charge in [0.05, 0.1) is 15.1 Å². The molecule has 0 aromatic heterocycles. The number of carbonyl (C=O) groups is 1. The molecule has 1 saturated heterocycles. The average Bonchev–Trinajstić information content (AvgIpc) is 2.86. The number of aliphatic imine (C=N–C) groups is 1. The second kappa shape index (κ2) is 7.01. The van der Waals surface area contributed by atoms with E-state index in [2.05, 4.69) is 26.2 Å². The number of nitrogens with one attached hydrogen (secondary N) is 1. The highest BCUT2D eigenvalue weighted by molar-refractivity contribution is 9.10. The number of rotatable bonds is 2. The maximum Gasteiger partial charge on any atom is 0.264 e. The van der Waals surface area contributed by atoms with Crippen LogP contribution in [0.4, 0.5) is 5.69 Å². The van der Waals surface area contributed by atoms with Crippen LogP contribution in [-0.2, 0) is 4.79 Å². The Morgan fingerprint density at radius 1 is 1.29 bits per heavy atom. The normalized spacial score (nSPS) is 17.5. The molecule has 1 amide bonds. The van der Waals surface area contributed by atoms with E-state index in [1.54, 1.807) is 36.4 Å². The Kier molecular flexibility index (Phi) is 4.99. The lowest BCUT2D eigenvalue weighted by atomic mass is 10.2. The van der Waals surface area contributed by atoms with Crippen LogP contribution in [0.25, 0.3) is 6.08 Å². The van der Waals surface area contributed by atoms with Crippen LogP contribution in [0, 0.1) is 6.92 Å². The molecule has 2 aromatic rings. The minimum absolute atomic E-state index is 0.152. The predicted molar refractivity (Wildman–Crippen MR) is 103 cm³/mol. The van der Waals surface area contributed by atoms with Crippen LogP contribution in [0.5, 0.6) is 5.75 Å². The zero-order valence-electron chi connectivity index (χ0n) is 12.5. The smallest absolute Gasteiger partial charge is 0.264 e. The number of phenolic OH excluding ortho intramolecular Hbond substituents is 1. The lowest BCUT2D eigenvalue weighted by Gasteiger charge is -2.01. The molecule has 0 atom stereocenters. The number of carbonyl (C=O) groups excluding carboxylic acids is 1. The average molecular weight is 424 g/mol. The molecule has 1 heterocycles. The number of benzene rings is 2. The second-order valence-electron chi connectivity index (χ2n) is 5.12. The van der Waals surface area contributed by atoms with Gasteiger partial charge >= 0.3 is 0 Å². The van der Waals surface area contributed by atoms with Crippen LogP contribution in [0.2, 0.25) is 5.02 Å². The van der Waals surface area contributed by atoms with E-state index in [1.807, 2.05) is 13.0 Å². The maximum atomic E-state index is 12.1. The number of nitrogens with zero attached hydrogens (tertiary/aromatic N) is 1. The fraction of sp³-hybridized carbons (Fsp3) is 0.0588. The van der Waals surface area contributed by atoms with Crippen LogP contribution < -0.4 is 5.32 Å². The molecule has 24 heavy (non-hydrogen) atoms. The maximum absolute atomic E-state index is 12.1. The van der Waals surface area contributed by atoms with Gasteiger partial charge in [-0.2, -0.15) is 0 Å². The quantitative estimate of drug-likeness (QED) is 0.668. The summed E-state index contributed by atoms with van der Waals surface area (Å²) in [4.78, 5) is 17.1. The first-order chi connectivity index (χ1) is 11.4. The Labute approximate surface area is 156 Å². The van der Waals surface area contributed by atoms with Crippen molar-refractivity contribution in [2.45, 2.75) is 6.92 Å². The van der Waals surface area contributed by atoms with Crippen LogP contribution in [-0.4, -0.2) is 16.2 Å². The zero-order valence-corrected chi connectivity index (χ0v) is 15.7. The molecule has 3 rings (SSSR count). The first-order valence-corrected chi connectivity index (χ1v) is 8.95. The first kappa shape index (κ1) is 17.1. The number of thioether (sulfide) groups is 1. The molecule has 122 valence electrons. The SMILES string of the molecule is Cc1ccc(Cl)cc1N=C1NC(=O)/C(=C/c2ccc(O)c(Br)c2)S1. The number of aryl methyl sites for hydroxylation is 1. The fourth-order valence-electron chi connectivity index (χ4n) is 2.06. The van der Waals surface area contributed by atoms with Crippen molar-refractivity contribution in [2.24, 2.45) is 4.99 Å². The second-order valence-corrected chi connectivity index (χ2v) is 7.44. The number of hydrogen-bond donors (Lipinski definition) is 2. The number of phenols is 1. The number of hydrogen-bond acceptors (Lipinski definition) is 4. The van der Waals surface area contributed by atoms with Crippen molar-refractivity contribution in [3.8, 4) is 5.75 Å². The largest absolute Gasteiger partial charge is 0.507 e. The Morgan fingerprint density at radius 2 is 2.08 bits per heavy atom. The third-order valence-electron chi connectivity index (χ3n) is 3.31. The van der Waals surface area contributed by atoms with Crippen molar-refractivity contribution in [1.29, 1.82) is 0 Å². The van der Waals surface area contributed by atoms with Gasteiger partial charge in [-0.1, -0.05) is 23.7 Å². The lowest BCUT2D eigenvalue weighted by Crippen LogP contribution is -2.19. The van der Waals surface area contributed by atoms with Gasteiger partial charge in [-0.15, -0.1) is 0 Å². The van der Waals surface area contributed by atoms with Gasteiger partial charge in [-0.3, -0.25) is 4.79 Å². The third kappa shape index (κ3) is 3.83. The van der Waals surface area contributed by atoms with Crippen LogP contribution in [0.3, 0.4) is 0 Å². The van der Waals surface area contributed by atoms with Gasteiger partial charge in [0, 0.05) is 5.02 Å². The van der Waals surface area contributed by atoms with Crippen molar-refractivity contribution >= 4 is 62.1 Å². The highest BCUT2D eigenvalue weighted by Crippen LogP contribution is 2.31. The van der Waals surface area contributed by atoms with E-state index < -0.39 is 0 Å². The molecular weight excluding hydrogens is 412 g/mol. The number of amidine groups is 1. The number of amides is 1. The summed E-state index contributed by atoms with van der Waals surface area (Å²) in [5.41, 5.74) is 2.50. The Morgan fingerprint density at radius 3 is 2.83 bits per heavy atom. The van der Waals surface area contributed by atoms with Crippen molar-refractivity contribution in [3.63, 3.8) is 0 Å². The molecule has 0 saturated carbocycles. The standard InChI is InChI=1S/C17H12BrClN2O2S/c1-9-2-4-11(19)8-13(9)20-17-21-16(23)15(24-17)7-10-3-5-14(22)12(18)6-10/h2-8,22H,1H3,(H,20,21,23)/b15-7-. The van der Waals surface area contributed by atoms with E-state index >= 15 is 0 Å². The minimum atomic E-state index is -0.206. The summed E-state index contributed by atoms with van der Waals surface area (Å²) in [7, 11) is 0. The molecule has 1 aliphatic rings. The molecule has 0 unspecified atom stereocenters. The summed E-state index contributed by atoms with van der Waals surface area (Å²) in [5.74, 6) is -0.0537. The molecular formula is C17H12BrClN2O2S. The monoisotopic (exact) mass is 422 g/mol. The van der Waals surface area contributed by atoms with E-state index in [4.69, 9.17) is 11.6 Å². The van der Waals surface area contributed by atoms with E-state index in [-0.39, 0.29) is 11.7 Å². The van der Waals surface area contributed by atoms with E-state index in [1.165, 1.54) is 11.8 Å². The summed E-state index contributed by atoms with van der Waals surface area (Å²) < 4.78 is 0.573. The molecule has 0 spiro atoms. The molecule has 1 fully saturated rings. The van der Waals surface area contributed by atoms with Gasteiger partial charge in [0.25, 0.3) is 5.91 Å². The van der Waals surface area contributed by atoms with Crippen LogP contribution in [0.15, 0.2) is 50.8 Å². The highest BCUT2D eigenvalue weighted by Gasteiger charge is 2.24. The Bertz CT molecular complexity index is 896. The van der Waals surface area contributed by atoms with Gasteiger partial charge in [0.1, 0.15) is 5.75 Å². The van der Waals surface area contributed by atoms with Gasteiger partial charge in [0.15, 0.2) is 5.17 Å². The summed E-state index contributed by atoms with van der Waals surface area (Å²) in [6, 6.07) is 10.5. The predicted octanol–water partition coefficient (Wildman–Crippen LogP) is 5.01. The lowest BCUT2D eigenvalue weighted by molar-refractivity contribution is -0.115. The van der Waals surface area contributed by atoms with E-state index in [9.17, 15) is 9.90 Å². The van der Waals surface area contributed by atoms with Crippen LogP contribution in [0.1, 0.15) is 11.1 Å². The molecule has 4 nitrogen and oxygen atoms in total. The highest BCUT2D eigenvalue weighted by atomic mass is 79.9. The zero-order chi connectivity index (χ0) is 17.3. The topological polar surface area (TPSA) is 61.7 Å². The number of aromatic hydroxyl groups is 1. The van der Waals surface area contributed by atoms with Gasteiger partial charge in [0.2, 0.25) is 0 Å². The molecule has 2 N–H and O–H groups in total. The number of halogens is 2. The Balaban J connectivity index is 1.87. The van der Waals surface area contributed by atoms with Gasteiger partial charge in [-0.25, -0.2) is 4.99 Å². The molecule has 0 bridgehead atoms. The molecule has 1 aliphatic heterocycles. The molecule has 0 radical (unpaired) electrons. The van der Waals surface area contributed by atoms with Crippen molar-refractivity contribution in [3.05, 3.63) is 61.9 Å². The summed E-state index contributed by atoms with van der Waals surface area (Å²) in [5, 5.41) is 13.4. The summed E-state index contributed by atoms with van der Waals surface area (Å²) >= 11 is 10.5. The van der Waals surface area contributed by atoms with Crippen molar-refractivity contribution in [1.82, 2.24) is 5.32 Å². The van der Waals surface area contributed by atoms with E-state index in [0.29, 0.717) is 19.6 Å². The van der Waals surface area contributed by atoms with E-state index in [0.717, 1.165) is 16.8 Å². The third-order valence-corrected chi connectivity index (χ3v) is 5.09. The fourth-order valence-corrected chi connectivity index (χ4v) is 3.45. The molecule has 7 heteroatoms. The van der Waals surface area contributed by atoms with Gasteiger partial charge < -0.3 is 10.4 Å². The summed E-state index contributed by atoms with van der Waals surface area (Å²) in [6.45, 7) is 1.93. The van der Waals surface area contributed by atoms with Crippen LogP contribution >= 0.6 is 39.3 Å². The Hall–Kier alpha value is -1.76. The van der Waals surface area contributed by atoms with Crippen molar-refractivity contribution in [2.75, 3.05) is 0 Å². The molecule has 0 aliphatic carbocycles. The van der Waals surface area contributed by atoms with Gasteiger partial charge in [-0.05, 0) is 76.1 Å². The van der Waals surface area contributed by atoms with Crippen molar-refractivity contribution < 1.29 is 9.90 Å². The first-order valence-electron chi connectivity index (χ1n) is 6.96. The summed E-state index contributed by atoms with van der Waals surface area (Å²) in [6.07, 6.45) is 1.75. The minimum Gasteiger partial charge on any atom is -0.507 e. The molecule has 2 aromatic carbocycles.